The number of hydrogen-bond donors (Lipinski definition) is 1. The third kappa shape index (κ3) is 8.08. The van der Waals surface area contributed by atoms with Gasteiger partial charge in [0.05, 0.1) is 21.5 Å². The lowest BCUT2D eigenvalue weighted by molar-refractivity contribution is -0.142. The first-order valence-electron chi connectivity index (χ1n) is 10.9. The Hall–Kier alpha value is -1.84. The Morgan fingerprint density at radius 1 is 1.00 bits per heavy atom. The van der Waals surface area contributed by atoms with Crippen LogP contribution in [0, 0.1) is 0 Å². The second-order valence-electron chi connectivity index (χ2n) is 9.15. The summed E-state index contributed by atoms with van der Waals surface area (Å²) in [6.07, 6.45) is 0.322. The van der Waals surface area contributed by atoms with Crippen molar-refractivity contribution < 1.29 is 18.0 Å². The molecule has 1 unspecified atom stereocenters. The molecule has 0 aliphatic heterocycles. The first kappa shape index (κ1) is 29.4. The molecule has 0 bridgehead atoms. The van der Waals surface area contributed by atoms with Crippen LogP contribution < -0.4 is 5.32 Å². The van der Waals surface area contributed by atoms with Crippen LogP contribution in [0.25, 0.3) is 0 Å². The molecule has 0 fully saturated rings. The van der Waals surface area contributed by atoms with E-state index in [1.807, 2.05) is 20.8 Å². The fourth-order valence-electron chi connectivity index (χ4n) is 3.36. The average molecular weight is 563 g/mol. The molecule has 2 amide bonds. The molecular formula is C24H30Cl3N3O4S. The molecule has 1 atom stereocenters. The van der Waals surface area contributed by atoms with Gasteiger partial charge in [0.15, 0.2) is 0 Å². The van der Waals surface area contributed by atoms with E-state index in [1.54, 1.807) is 25.1 Å². The summed E-state index contributed by atoms with van der Waals surface area (Å²) in [4.78, 5) is 27.9. The number of hydrogen-bond acceptors (Lipinski definition) is 4. The van der Waals surface area contributed by atoms with Crippen molar-refractivity contribution in [2.45, 2.75) is 57.1 Å². The molecule has 0 spiro atoms. The number of amides is 2. The summed E-state index contributed by atoms with van der Waals surface area (Å²) >= 11 is 18.0. The highest BCUT2D eigenvalue weighted by Gasteiger charge is 2.33. The third-order valence-electron chi connectivity index (χ3n) is 5.10. The lowest BCUT2D eigenvalue weighted by Gasteiger charge is -2.34. The summed E-state index contributed by atoms with van der Waals surface area (Å²) in [6.45, 7) is 6.89. The third-order valence-corrected chi connectivity index (χ3v) is 7.91. The molecule has 0 saturated carbocycles. The van der Waals surface area contributed by atoms with Gasteiger partial charge in [-0.1, -0.05) is 47.8 Å². The number of carbonyl (C=O) groups excluding carboxylic acids is 2. The first-order chi connectivity index (χ1) is 16.2. The van der Waals surface area contributed by atoms with Crippen molar-refractivity contribution in [3.63, 3.8) is 0 Å². The molecule has 2 aromatic rings. The molecule has 0 heterocycles. The Morgan fingerprint density at radius 2 is 1.60 bits per heavy atom. The van der Waals surface area contributed by atoms with Crippen LogP contribution in [0.2, 0.25) is 15.1 Å². The second kappa shape index (κ2) is 11.9. The van der Waals surface area contributed by atoms with E-state index in [4.69, 9.17) is 34.8 Å². The van der Waals surface area contributed by atoms with Crippen LogP contribution in [-0.4, -0.2) is 54.6 Å². The summed E-state index contributed by atoms with van der Waals surface area (Å²) in [6, 6.07) is 9.77. The zero-order valence-electron chi connectivity index (χ0n) is 20.3. The van der Waals surface area contributed by atoms with Crippen LogP contribution in [0.5, 0.6) is 0 Å². The lowest BCUT2D eigenvalue weighted by atomic mass is 10.1. The molecule has 11 heteroatoms. The Bertz CT molecular complexity index is 1170. The Kier molecular flexibility index (Phi) is 10.0. The Labute approximate surface area is 222 Å². The van der Waals surface area contributed by atoms with Crippen LogP contribution >= 0.6 is 34.8 Å². The number of halogens is 3. The zero-order chi connectivity index (χ0) is 26.6. The van der Waals surface area contributed by atoms with Crippen molar-refractivity contribution in [3.05, 3.63) is 63.1 Å². The van der Waals surface area contributed by atoms with Crippen LogP contribution in [0.3, 0.4) is 0 Å². The topological polar surface area (TPSA) is 86.8 Å². The van der Waals surface area contributed by atoms with E-state index >= 15 is 0 Å². The first-order valence-corrected chi connectivity index (χ1v) is 13.5. The molecule has 0 saturated heterocycles. The van der Waals surface area contributed by atoms with Crippen LogP contribution in [0.4, 0.5) is 0 Å². The van der Waals surface area contributed by atoms with Crippen LogP contribution in [0.15, 0.2) is 47.4 Å². The van der Waals surface area contributed by atoms with E-state index in [2.05, 4.69) is 5.32 Å². The SMILES string of the molecule is CCC(C(=O)NC(C)(C)C)N(Cc1ccc(Cl)c(Cl)c1)C(=O)CN(C)S(=O)(=O)c1ccc(Cl)cc1. The Morgan fingerprint density at radius 3 is 2.11 bits per heavy atom. The molecule has 35 heavy (non-hydrogen) atoms. The van der Waals surface area contributed by atoms with E-state index in [0.717, 1.165) is 4.31 Å². The standard InChI is InChI=1S/C24H30Cl3N3O4S/c1-6-21(23(32)28-24(2,3)4)30(14-16-7-12-19(26)20(27)13-16)22(31)15-29(5)35(33,34)18-10-8-17(25)9-11-18/h7-13,21H,6,14-15H2,1-5H3,(H,28,32). The number of likely N-dealkylation sites (N-methyl/N-ethyl adjacent to an activating group) is 1. The maximum Gasteiger partial charge on any atom is 0.243 e. The summed E-state index contributed by atoms with van der Waals surface area (Å²) in [5.41, 5.74) is 0.135. The van der Waals surface area contributed by atoms with E-state index in [1.165, 1.54) is 36.2 Å². The minimum atomic E-state index is -3.96. The van der Waals surface area contributed by atoms with E-state index in [0.29, 0.717) is 27.1 Å². The molecular weight excluding hydrogens is 533 g/mol. The normalized spacial score (nSPS) is 12.9. The van der Waals surface area contributed by atoms with Gasteiger partial charge in [0.25, 0.3) is 0 Å². The molecule has 0 aliphatic rings. The summed E-state index contributed by atoms with van der Waals surface area (Å²) in [5.74, 6) is -0.872. The summed E-state index contributed by atoms with van der Waals surface area (Å²) in [5, 5.41) is 3.97. The van der Waals surface area contributed by atoms with Crippen molar-refractivity contribution in [1.82, 2.24) is 14.5 Å². The van der Waals surface area contributed by atoms with Gasteiger partial charge in [-0.05, 0) is 69.2 Å². The molecule has 192 valence electrons. The minimum absolute atomic E-state index is 0.00532. The second-order valence-corrected chi connectivity index (χ2v) is 12.4. The number of benzene rings is 2. The van der Waals surface area contributed by atoms with Crippen molar-refractivity contribution >= 4 is 56.6 Å². The molecule has 0 aromatic heterocycles. The molecule has 2 rings (SSSR count). The quantitative estimate of drug-likeness (QED) is 0.467. The van der Waals surface area contributed by atoms with Gasteiger partial charge in [-0.15, -0.1) is 0 Å². The average Bonchev–Trinajstić information content (AvgIpc) is 2.75. The Balaban J connectivity index is 2.37. The van der Waals surface area contributed by atoms with Crippen molar-refractivity contribution in [3.8, 4) is 0 Å². The number of nitrogens with zero attached hydrogens (tertiary/aromatic N) is 2. The number of carbonyl (C=O) groups is 2. The number of rotatable bonds is 9. The number of sulfonamides is 1. The molecule has 7 nitrogen and oxygen atoms in total. The van der Waals surface area contributed by atoms with Gasteiger partial charge < -0.3 is 10.2 Å². The number of nitrogens with one attached hydrogen (secondary N) is 1. The van der Waals surface area contributed by atoms with Gasteiger partial charge in [-0.25, -0.2) is 8.42 Å². The smallest absolute Gasteiger partial charge is 0.243 e. The van der Waals surface area contributed by atoms with Crippen molar-refractivity contribution in [2.24, 2.45) is 0 Å². The minimum Gasteiger partial charge on any atom is -0.350 e. The van der Waals surface area contributed by atoms with Gasteiger partial charge in [0.1, 0.15) is 6.04 Å². The van der Waals surface area contributed by atoms with E-state index in [-0.39, 0.29) is 17.3 Å². The van der Waals surface area contributed by atoms with Crippen LogP contribution in [-0.2, 0) is 26.2 Å². The monoisotopic (exact) mass is 561 g/mol. The highest BCUT2D eigenvalue weighted by atomic mass is 35.5. The van der Waals surface area contributed by atoms with E-state index in [9.17, 15) is 18.0 Å². The van der Waals surface area contributed by atoms with Crippen molar-refractivity contribution in [2.75, 3.05) is 13.6 Å². The van der Waals surface area contributed by atoms with Gasteiger partial charge in [0.2, 0.25) is 21.8 Å². The van der Waals surface area contributed by atoms with Crippen LogP contribution in [0.1, 0.15) is 39.7 Å². The fraction of sp³-hybridized carbons (Fsp3) is 0.417. The predicted molar refractivity (Wildman–Crippen MR) is 140 cm³/mol. The molecule has 0 radical (unpaired) electrons. The van der Waals surface area contributed by atoms with Gasteiger partial charge in [-0.2, -0.15) is 4.31 Å². The van der Waals surface area contributed by atoms with Gasteiger partial charge in [-0.3, -0.25) is 9.59 Å². The highest BCUT2D eigenvalue weighted by Crippen LogP contribution is 2.25. The maximum absolute atomic E-state index is 13.5. The largest absolute Gasteiger partial charge is 0.350 e. The van der Waals surface area contributed by atoms with Gasteiger partial charge in [0, 0.05) is 24.2 Å². The van der Waals surface area contributed by atoms with Gasteiger partial charge >= 0.3 is 0 Å². The van der Waals surface area contributed by atoms with E-state index < -0.39 is 34.1 Å². The summed E-state index contributed by atoms with van der Waals surface area (Å²) in [7, 11) is -2.65. The lowest BCUT2D eigenvalue weighted by Crippen LogP contribution is -2.55. The highest BCUT2D eigenvalue weighted by molar-refractivity contribution is 7.89. The predicted octanol–water partition coefficient (Wildman–Crippen LogP) is 4.99. The molecule has 2 aromatic carbocycles. The fourth-order valence-corrected chi connectivity index (χ4v) is 4.93. The zero-order valence-corrected chi connectivity index (χ0v) is 23.4. The summed E-state index contributed by atoms with van der Waals surface area (Å²) < 4.78 is 27.0. The molecule has 0 aliphatic carbocycles. The maximum atomic E-state index is 13.5. The molecule has 1 N–H and O–H groups in total. The van der Waals surface area contributed by atoms with Crippen molar-refractivity contribution in [1.29, 1.82) is 0 Å².